The normalized spacial score (nSPS) is 14.8. The molecule has 1 aliphatic heterocycles. The van der Waals surface area contributed by atoms with Crippen molar-refractivity contribution in [2.45, 2.75) is 13.2 Å². The average molecular weight is 599 g/mol. The molecular weight excluding hydrogens is 581 g/mol. The van der Waals surface area contributed by atoms with Crippen LogP contribution in [0.4, 0.5) is 4.79 Å². The van der Waals surface area contributed by atoms with E-state index in [0.29, 0.717) is 26.3 Å². The number of benzene rings is 4. The molecule has 4 aromatic rings. The maximum absolute atomic E-state index is 13.2. The fourth-order valence-electron chi connectivity index (χ4n) is 3.94. The van der Waals surface area contributed by atoms with Crippen molar-refractivity contribution in [2.24, 2.45) is 0 Å². The zero-order valence-electron chi connectivity index (χ0n) is 18.7. The Labute approximate surface area is 231 Å². The molecule has 1 saturated heterocycles. The first-order valence-corrected chi connectivity index (χ1v) is 13.3. The van der Waals surface area contributed by atoms with Gasteiger partial charge in [-0.2, -0.15) is 0 Å². The quantitative estimate of drug-likeness (QED) is 0.208. The number of halogens is 3. The molecule has 0 bridgehead atoms. The first-order chi connectivity index (χ1) is 17.4. The van der Waals surface area contributed by atoms with Crippen LogP contribution in [0.3, 0.4) is 0 Å². The predicted octanol–water partition coefficient (Wildman–Crippen LogP) is 8.72. The molecule has 180 valence electrons. The van der Waals surface area contributed by atoms with Crippen LogP contribution in [0.15, 0.2) is 88.2 Å². The van der Waals surface area contributed by atoms with Crippen molar-refractivity contribution in [3.8, 4) is 5.75 Å². The summed E-state index contributed by atoms with van der Waals surface area (Å²) >= 11 is 16.7. The molecule has 1 fully saturated rings. The topological polar surface area (TPSA) is 46.6 Å². The number of imide groups is 1. The minimum Gasteiger partial charge on any atom is -0.488 e. The number of fused-ring (bicyclic) bond motifs is 1. The Morgan fingerprint density at radius 3 is 2.56 bits per heavy atom. The smallest absolute Gasteiger partial charge is 0.293 e. The fraction of sp³-hybridized carbons (Fsp3) is 0.0714. The van der Waals surface area contributed by atoms with Gasteiger partial charge in [0.2, 0.25) is 0 Å². The first kappa shape index (κ1) is 24.9. The highest BCUT2D eigenvalue weighted by molar-refractivity contribution is 9.10. The number of thioether (sulfide) groups is 1. The van der Waals surface area contributed by atoms with E-state index in [1.807, 2.05) is 60.7 Å². The molecule has 0 spiro atoms. The van der Waals surface area contributed by atoms with Crippen LogP contribution in [0.1, 0.15) is 16.7 Å². The standard InChI is InChI=1S/C28H18BrCl2NO3S/c29-21-9-11-25(35-16-19-8-10-22(30)14-24(19)31)20(12-21)13-26-27(33)32(28(34)36-26)15-18-6-3-5-17-4-1-2-7-23(17)18/h1-14H,15-16H2/b26-13+. The second-order valence-electron chi connectivity index (χ2n) is 8.11. The first-order valence-electron chi connectivity index (χ1n) is 11.0. The van der Waals surface area contributed by atoms with Gasteiger partial charge < -0.3 is 4.74 Å². The Bertz CT molecular complexity index is 1530. The lowest BCUT2D eigenvalue weighted by atomic mass is 10.0. The Kier molecular flexibility index (Phi) is 7.39. The van der Waals surface area contributed by atoms with Crippen LogP contribution in [0, 0.1) is 0 Å². The van der Waals surface area contributed by atoms with Gasteiger partial charge in [-0.25, -0.2) is 0 Å². The van der Waals surface area contributed by atoms with Crippen LogP contribution < -0.4 is 4.74 Å². The summed E-state index contributed by atoms with van der Waals surface area (Å²) in [7, 11) is 0. The molecule has 5 rings (SSSR count). The molecule has 0 atom stereocenters. The molecule has 1 aliphatic rings. The zero-order chi connectivity index (χ0) is 25.2. The summed E-state index contributed by atoms with van der Waals surface area (Å²) in [5, 5.41) is 2.84. The average Bonchev–Trinajstić information content (AvgIpc) is 3.12. The lowest BCUT2D eigenvalue weighted by molar-refractivity contribution is -0.123. The lowest BCUT2D eigenvalue weighted by Gasteiger charge is -2.14. The highest BCUT2D eigenvalue weighted by Crippen LogP contribution is 2.36. The molecule has 4 nitrogen and oxygen atoms in total. The van der Waals surface area contributed by atoms with Gasteiger partial charge in [0.15, 0.2) is 0 Å². The Morgan fingerprint density at radius 2 is 1.72 bits per heavy atom. The number of hydrogen-bond acceptors (Lipinski definition) is 4. The van der Waals surface area contributed by atoms with Crippen LogP contribution in [0.25, 0.3) is 16.8 Å². The summed E-state index contributed by atoms with van der Waals surface area (Å²) < 4.78 is 6.85. The summed E-state index contributed by atoms with van der Waals surface area (Å²) in [4.78, 5) is 27.7. The van der Waals surface area contributed by atoms with Crippen LogP contribution in [-0.4, -0.2) is 16.0 Å². The molecular formula is C28H18BrCl2NO3S. The largest absolute Gasteiger partial charge is 0.488 e. The number of carbonyl (C=O) groups is 2. The molecule has 2 amide bonds. The predicted molar refractivity (Wildman–Crippen MR) is 150 cm³/mol. The summed E-state index contributed by atoms with van der Waals surface area (Å²) in [6.45, 7) is 0.432. The van der Waals surface area contributed by atoms with Gasteiger partial charge in [-0.15, -0.1) is 0 Å². The molecule has 0 aromatic heterocycles. The third-order valence-corrected chi connectivity index (χ3v) is 7.73. The van der Waals surface area contributed by atoms with Crippen LogP contribution in [0.5, 0.6) is 5.75 Å². The number of carbonyl (C=O) groups excluding carboxylic acids is 2. The summed E-state index contributed by atoms with van der Waals surface area (Å²) in [6.07, 6.45) is 1.69. The van der Waals surface area contributed by atoms with E-state index in [2.05, 4.69) is 15.9 Å². The Morgan fingerprint density at radius 1 is 0.917 bits per heavy atom. The number of nitrogens with zero attached hydrogens (tertiary/aromatic N) is 1. The minimum absolute atomic E-state index is 0.209. The summed E-state index contributed by atoms with van der Waals surface area (Å²) in [6, 6.07) is 24.5. The molecule has 0 aliphatic carbocycles. The number of amides is 2. The van der Waals surface area contributed by atoms with E-state index >= 15 is 0 Å². The van der Waals surface area contributed by atoms with E-state index in [0.717, 1.165) is 38.1 Å². The van der Waals surface area contributed by atoms with Crippen molar-refractivity contribution in [3.05, 3.63) is 115 Å². The van der Waals surface area contributed by atoms with Crippen LogP contribution in [0.2, 0.25) is 10.0 Å². The van der Waals surface area contributed by atoms with E-state index in [1.165, 1.54) is 4.90 Å². The minimum atomic E-state index is -0.329. The zero-order valence-corrected chi connectivity index (χ0v) is 22.6. The molecule has 0 radical (unpaired) electrons. The molecule has 0 N–H and O–H groups in total. The number of ether oxygens (including phenoxy) is 1. The van der Waals surface area contributed by atoms with E-state index in [1.54, 1.807) is 24.3 Å². The maximum Gasteiger partial charge on any atom is 0.293 e. The lowest BCUT2D eigenvalue weighted by Crippen LogP contribution is -2.27. The van der Waals surface area contributed by atoms with Crippen molar-refractivity contribution < 1.29 is 14.3 Å². The van der Waals surface area contributed by atoms with Gasteiger partial charge >= 0.3 is 0 Å². The van der Waals surface area contributed by atoms with Gasteiger partial charge in [0, 0.05) is 25.6 Å². The molecule has 1 heterocycles. The number of rotatable bonds is 6. The molecule has 36 heavy (non-hydrogen) atoms. The van der Waals surface area contributed by atoms with Gasteiger partial charge in [-0.05, 0) is 64.5 Å². The van der Waals surface area contributed by atoms with Crippen molar-refractivity contribution in [3.63, 3.8) is 0 Å². The van der Waals surface area contributed by atoms with E-state index < -0.39 is 0 Å². The molecule has 0 unspecified atom stereocenters. The van der Waals surface area contributed by atoms with Crippen LogP contribution in [-0.2, 0) is 17.9 Å². The van der Waals surface area contributed by atoms with E-state index in [-0.39, 0.29) is 24.3 Å². The summed E-state index contributed by atoms with van der Waals surface area (Å²) in [5.74, 6) is 0.231. The maximum atomic E-state index is 13.2. The highest BCUT2D eigenvalue weighted by Gasteiger charge is 2.35. The number of hydrogen-bond donors (Lipinski definition) is 0. The summed E-state index contributed by atoms with van der Waals surface area (Å²) in [5.41, 5.74) is 2.37. The van der Waals surface area contributed by atoms with Crippen molar-refractivity contribution in [2.75, 3.05) is 0 Å². The fourth-order valence-corrected chi connectivity index (χ4v) is 5.61. The SMILES string of the molecule is O=C1S/C(=C/c2cc(Br)ccc2OCc2ccc(Cl)cc2Cl)C(=O)N1Cc1cccc2ccccc12. The van der Waals surface area contributed by atoms with Gasteiger partial charge in [-0.1, -0.05) is 87.7 Å². The Balaban J connectivity index is 1.39. The van der Waals surface area contributed by atoms with Crippen molar-refractivity contribution in [1.29, 1.82) is 0 Å². The monoisotopic (exact) mass is 597 g/mol. The molecule has 8 heteroatoms. The third-order valence-electron chi connectivity index (χ3n) is 5.74. The second-order valence-corrected chi connectivity index (χ2v) is 10.9. The van der Waals surface area contributed by atoms with Crippen LogP contribution >= 0.6 is 50.9 Å². The van der Waals surface area contributed by atoms with E-state index in [9.17, 15) is 9.59 Å². The molecule has 0 saturated carbocycles. The van der Waals surface area contributed by atoms with Gasteiger partial charge in [0.05, 0.1) is 11.4 Å². The van der Waals surface area contributed by atoms with E-state index in [4.69, 9.17) is 27.9 Å². The second kappa shape index (κ2) is 10.7. The third kappa shape index (κ3) is 5.32. The van der Waals surface area contributed by atoms with Crippen molar-refractivity contribution >= 4 is 78.9 Å². The van der Waals surface area contributed by atoms with Crippen molar-refractivity contribution in [1.82, 2.24) is 4.90 Å². The highest BCUT2D eigenvalue weighted by atomic mass is 79.9. The van der Waals surface area contributed by atoms with Gasteiger partial charge in [-0.3, -0.25) is 14.5 Å². The van der Waals surface area contributed by atoms with Gasteiger partial charge in [0.25, 0.3) is 11.1 Å². The van der Waals surface area contributed by atoms with Gasteiger partial charge in [0.1, 0.15) is 12.4 Å². The Hall–Kier alpha value is -2.77. The molecule has 4 aromatic carbocycles.